The number of carbonyl (C=O) groups excluding carboxylic acids is 1. The standard InChI is InChI=1S/C9H9ClN2OS2/c1-14-9(15-2)12-8(13)7-4-3-6(10)5-11-7/h3-5H,1-2H3. The first kappa shape index (κ1) is 12.5. The van der Waals surface area contributed by atoms with Crippen molar-refractivity contribution in [2.45, 2.75) is 0 Å². The summed E-state index contributed by atoms with van der Waals surface area (Å²) in [5, 5.41) is 0.505. The van der Waals surface area contributed by atoms with E-state index < -0.39 is 0 Å². The maximum atomic E-state index is 11.6. The Balaban J connectivity index is 2.85. The molecule has 0 unspecified atom stereocenters. The van der Waals surface area contributed by atoms with Crippen LogP contribution in [0.25, 0.3) is 0 Å². The maximum Gasteiger partial charge on any atom is 0.297 e. The van der Waals surface area contributed by atoms with Crippen LogP contribution in [0.1, 0.15) is 10.5 Å². The summed E-state index contributed by atoms with van der Waals surface area (Å²) < 4.78 is 0.719. The van der Waals surface area contributed by atoms with Crippen LogP contribution in [0.3, 0.4) is 0 Å². The Kier molecular flexibility index (Phi) is 5.14. The van der Waals surface area contributed by atoms with Crippen molar-refractivity contribution in [3.8, 4) is 0 Å². The predicted molar refractivity (Wildman–Crippen MR) is 68.0 cm³/mol. The summed E-state index contributed by atoms with van der Waals surface area (Å²) in [5.41, 5.74) is 0.306. The maximum absolute atomic E-state index is 11.6. The van der Waals surface area contributed by atoms with Gasteiger partial charge in [0.25, 0.3) is 5.91 Å². The van der Waals surface area contributed by atoms with Gasteiger partial charge in [0.15, 0.2) is 0 Å². The molecule has 0 N–H and O–H groups in total. The van der Waals surface area contributed by atoms with Crippen LogP contribution in [0.15, 0.2) is 23.3 Å². The van der Waals surface area contributed by atoms with Crippen molar-refractivity contribution in [2.24, 2.45) is 4.99 Å². The fourth-order valence-electron chi connectivity index (χ4n) is 0.817. The Bertz CT molecular complexity index is 372. The van der Waals surface area contributed by atoms with Crippen LogP contribution < -0.4 is 0 Å². The molecule has 6 heteroatoms. The van der Waals surface area contributed by atoms with Crippen molar-refractivity contribution >= 4 is 45.4 Å². The molecule has 80 valence electrons. The molecule has 0 aliphatic rings. The van der Waals surface area contributed by atoms with Crippen LogP contribution >= 0.6 is 35.1 Å². The average molecular weight is 261 g/mol. The molecule has 3 nitrogen and oxygen atoms in total. The minimum Gasteiger partial charge on any atom is -0.265 e. The molecular weight excluding hydrogens is 252 g/mol. The molecule has 1 aromatic rings. The van der Waals surface area contributed by atoms with E-state index in [-0.39, 0.29) is 5.91 Å². The normalized spacial score (nSPS) is 9.80. The van der Waals surface area contributed by atoms with Crippen LogP contribution in [0.5, 0.6) is 0 Å². The largest absolute Gasteiger partial charge is 0.297 e. The fourth-order valence-corrected chi connectivity index (χ4v) is 1.94. The lowest BCUT2D eigenvalue weighted by molar-refractivity contribution is 0.0999. The molecule has 0 bridgehead atoms. The van der Waals surface area contributed by atoms with Crippen molar-refractivity contribution in [2.75, 3.05) is 12.5 Å². The highest BCUT2D eigenvalue weighted by molar-refractivity contribution is 8.38. The fraction of sp³-hybridized carbons (Fsp3) is 0.222. The lowest BCUT2D eigenvalue weighted by Crippen LogP contribution is -2.00. The molecule has 1 rings (SSSR count). The van der Waals surface area contributed by atoms with Crippen LogP contribution in [-0.4, -0.2) is 27.8 Å². The highest BCUT2D eigenvalue weighted by atomic mass is 35.5. The SMILES string of the molecule is CSC(=NC(=O)c1ccc(Cl)cn1)SC. The van der Waals surface area contributed by atoms with Gasteiger partial charge in [0.05, 0.1) is 5.02 Å². The Morgan fingerprint density at radius 2 is 2.07 bits per heavy atom. The van der Waals surface area contributed by atoms with Crippen molar-refractivity contribution in [1.29, 1.82) is 0 Å². The van der Waals surface area contributed by atoms with Gasteiger partial charge in [0.1, 0.15) is 10.1 Å². The third kappa shape index (κ3) is 3.85. The van der Waals surface area contributed by atoms with Crippen LogP contribution in [0.2, 0.25) is 5.02 Å². The molecule has 1 heterocycles. The molecule has 0 saturated heterocycles. The van der Waals surface area contributed by atoms with Gasteiger partial charge >= 0.3 is 0 Å². The highest BCUT2D eigenvalue weighted by Crippen LogP contribution is 2.13. The first-order valence-electron chi connectivity index (χ1n) is 4.00. The van der Waals surface area contributed by atoms with Gasteiger partial charge in [-0.1, -0.05) is 11.6 Å². The van der Waals surface area contributed by atoms with Crippen molar-refractivity contribution in [1.82, 2.24) is 4.98 Å². The Hall–Kier alpha value is -0.520. The molecule has 15 heavy (non-hydrogen) atoms. The number of thioether (sulfide) groups is 2. The van der Waals surface area contributed by atoms with E-state index in [1.807, 2.05) is 12.5 Å². The van der Waals surface area contributed by atoms with E-state index in [2.05, 4.69) is 9.98 Å². The van der Waals surface area contributed by atoms with Crippen LogP contribution in [-0.2, 0) is 0 Å². The number of hydrogen-bond acceptors (Lipinski definition) is 4. The smallest absolute Gasteiger partial charge is 0.265 e. The summed E-state index contributed by atoms with van der Waals surface area (Å²) in [6, 6.07) is 3.18. The molecule has 1 aromatic heterocycles. The van der Waals surface area contributed by atoms with Gasteiger partial charge in [-0.2, -0.15) is 4.99 Å². The number of pyridine rings is 1. The number of amides is 1. The Morgan fingerprint density at radius 1 is 1.40 bits per heavy atom. The second-order valence-electron chi connectivity index (χ2n) is 2.45. The number of carbonyl (C=O) groups is 1. The van der Waals surface area contributed by atoms with Gasteiger partial charge in [0.2, 0.25) is 0 Å². The molecule has 0 fully saturated rings. The number of rotatable bonds is 1. The molecule has 0 radical (unpaired) electrons. The topological polar surface area (TPSA) is 42.3 Å². The van der Waals surface area contributed by atoms with Crippen LogP contribution in [0.4, 0.5) is 0 Å². The minimum absolute atomic E-state index is 0.306. The third-order valence-corrected chi connectivity index (χ3v) is 3.59. The van der Waals surface area contributed by atoms with Gasteiger partial charge in [-0.15, -0.1) is 23.5 Å². The van der Waals surface area contributed by atoms with Crippen molar-refractivity contribution in [3.05, 3.63) is 29.0 Å². The quantitative estimate of drug-likeness (QED) is 0.575. The number of halogens is 1. The Labute approximate surface area is 102 Å². The van der Waals surface area contributed by atoms with E-state index in [9.17, 15) is 4.79 Å². The van der Waals surface area contributed by atoms with Gasteiger partial charge in [-0.05, 0) is 24.6 Å². The Morgan fingerprint density at radius 3 is 2.53 bits per heavy atom. The van der Waals surface area contributed by atoms with Gasteiger partial charge in [-0.25, -0.2) is 4.98 Å². The summed E-state index contributed by atoms with van der Waals surface area (Å²) in [6.07, 6.45) is 5.18. The number of nitrogens with zero attached hydrogens (tertiary/aromatic N) is 2. The number of aromatic nitrogens is 1. The average Bonchev–Trinajstić information content (AvgIpc) is 2.26. The van der Waals surface area contributed by atoms with E-state index in [1.54, 1.807) is 12.1 Å². The molecule has 0 spiro atoms. The second-order valence-corrected chi connectivity index (χ2v) is 4.74. The van der Waals surface area contributed by atoms with Crippen molar-refractivity contribution in [3.63, 3.8) is 0 Å². The van der Waals surface area contributed by atoms with E-state index in [0.29, 0.717) is 10.7 Å². The third-order valence-electron chi connectivity index (χ3n) is 1.49. The lowest BCUT2D eigenvalue weighted by atomic mass is 10.3. The summed E-state index contributed by atoms with van der Waals surface area (Å²) in [6.45, 7) is 0. The summed E-state index contributed by atoms with van der Waals surface area (Å²) in [5.74, 6) is -0.342. The lowest BCUT2D eigenvalue weighted by Gasteiger charge is -1.97. The summed E-state index contributed by atoms with van der Waals surface area (Å²) in [4.78, 5) is 19.4. The van der Waals surface area contributed by atoms with E-state index in [4.69, 9.17) is 11.6 Å². The van der Waals surface area contributed by atoms with Crippen LogP contribution in [0, 0.1) is 0 Å². The van der Waals surface area contributed by atoms with Gasteiger partial charge < -0.3 is 0 Å². The molecule has 0 atom stereocenters. The van der Waals surface area contributed by atoms with E-state index in [1.165, 1.54) is 29.7 Å². The van der Waals surface area contributed by atoms with Crippen molar-refractivity contribution < 1.29 is 4.79 Å². The van der Waals surface area contributed by atoms with Gasteiger partial charge in [-0.3, -0.25) is 4.79 Å². The first-order chi connectivity index (χ1) is 7.17. The molecule has 0 saturated carbocycles. The predicted octanol–water partition coefficient (Wildman–Crippen LogP) is 2.96. The highest BCUT2D eigenvalue weighted by Gasteiger charge is 2.06. The summed E-state index contributed by atoms with van der Waals surface area (Å²) >= 11 is 8.53. The molecule has 0 aliphatic carbocycles. The molecule has 0 aromatic carbocycles. The number of aliphatic imine (C=N–C) groups is 1. The zero-order valence-corrected chi connectivity index (χ0v) is 10.6. The molecule has 1 amide bonds. The second kappa shape index (κ2) is 6.15. The zero-order valence-electron chi connectivity index (χ0n) is 8.23. The zero-order chi connectivity index (χ0) is 11.3. The molecule has 0 aliphatic heterocycles. The molecular formula is C9H9ClN2OS2. The monoisotopic (exact) mass is 260 g/mol. The first-order valence-corrected chi connectivity index (χ1v) is 6.82. The summed E-state index contributed by atoms with van der Waals surface area (Å²) in [7, 11) is 0. The van der Waals surface area contributed by atoms with Gasteiger partial charge in [0, 0.05) is 6.20 Å². The van der Waals surface area contributed by atoms with E-state index in [0.717, 1.165) is 4.38 Å². The van der Waals surface area contributed by atoms with E-state index >= 15 is 0 Å². The number of hydrogen-bond donors (Lipinski definition) is 0. The minimum atomic E-state index is -0.342.